The number of hydrogen-bond donors (Lipinski definition) is 5. The van der Waals surface area contributed by atoms with Gasteiger partial charge in [-0.1, -0.05) is 19.1 Å². The molecule has 11 nitrogen and oxygen atoms in total. The number of ether oxygens (including phenoxy) is 3. The van der Waals surface area contributed by atoms with E-state index in [1.165, 1.54) is 0 Å². The number of phenols is 1. The Kier molecular flexibility index (Phi) is 11.6. The summed E-state index contributed by atoms with van der Waals surface area (Å²) in [5, 5.41) is 35.8. The molecule has 3 atom stereocenters. The third-order valence-electron chi connectivity index (χ3n) is 6.23. The van der Waals surface area contributed by atoms with Crippen LogP contribution in [0.25, 0.3) is 6.08 Å². The molecule has 0 bridgehead atoms. The quantitative estimate of drug-likeness (QED) is 0.280. The second-order valence-corrected chi connectivity index (χ2v) is 9.20. The van der Waals surface area contributed by atoms with Crippen LogP contribution < -0.4 is 19.9 Å². The first-order valence-corrected chi connectivity index (χ1v) is 12.4. The molecule has 0 spiro atoms. The van der Waals surface area contributed by atoms with Gasteiger partial charge in [-0.3, -0.25) is 14.5 Å². The lowest BCUT2D eigenvalue weighted by molar-refractivity contribution is -0.144. The standard InChI is InChI=1S/C24H31NO5.C4H7NO4/c1-6-7-16-10-19-15(2)23(30-24(19)21(11-16)29-5)17-12-18(14-25(3)8-9-26)22(27)20(13-17)28-4;5-2(4(8)9)1-3(6)7/h6-7,10-13,15,23,26-27H,8-9,14H2,1-5H3;2H,1,5H2,(H,6,7)(H,8,9)/b7-6+;/t15-,23-;2-/m00/s1. The molecule has 0 fully saturated rings. The number of carboxylic acids is 2. The van der Waals surface area contributed by atoms with E-state index >= 15 is 0 Å². The SMILES string of the molecule is C/C=C/c1cc(OC)c2c(c1)[C@H](C)[C@@H](c1cc(CN(C)CCO)c(O)c(OC)c1)O2.N[C@@H](CC(=O)O)C(=O)O. The Morgan fingerprint density at radius 2 is 1.82 bits per heavy atom. The molecule has 6 N–H and O–H groups in total. The van der Waals surface area contributed by atoms with Crippen molar-refractivity contribution in [1.29, 1.82) is 0 Å². The van der Waals surface area contributed by atoms with E-state index in [0.717, 1.165) is 28.0 Å². The summed E-state index contributed by atoms with van der Waals surface area (Å²) in [6.45, 7) is 5.17. The summed E-state index contributed by atoms with van der Waals surface area (Å²) in [5.41, 5.74) is 8.66. The van der Waals surface area contributed by atoms with Gasteiger partial charge in [0.15, 0.2) is 23.0 Å². The summed E-state index contributed by atoms with van der Waals surface area (Å²) in [4.78, 5) is 21.6. The zero-order chi connectivity index (χ0) is 29.3. The monoisotopic (exact) mass is 546 g/mol. The summed E-state index contributed by atoms with van der Waals surface area (Å²) >= 11 is 0. The number of allylic oxidation sites excluding steroid dienone is 1. The number of aromatic hydroxyl groups is 1. The first-order valence-electron chi connectivity index (χ1n) is 12.4. The van der Waals surface area contributed by atoms with Crippen LogP contribution >= 0.6 is 0 Å². The van der Waals surface area contributed by atoms with Gasteiger partial charge in [0.05, 0.1) is 27.2 Å². The van der Waals surface area contributed by atoms with Crippen LogP contribution in [0.3, 0.4) is 0 Å². The van der Waals surface area contributed by atoms with Gasteiger partial charge in [0.1, 0.15) is 12.1 Å². The van der Waals surface area contributed by atoms with Crippen molar-refractivity contribution >= 4 is 18.0 Å². The smallest absolute Gasteiger partial charge is 0.321 e. The van der Waals surface area contributed by atoms with Crippen molar-refractivity contribution in [3.63, 3.8) is 0 Å². The topological polar surface area (TPSA) is 172 Å². The Morgan fingerprint density at radius 1 is 1.15 bits per heavy atom. The Hall–Kier alpha value is -3.80. The number of fused-ring (bicyclic) bond motifs is 1. The number of methoxy groups -OCH3 is 2. The molecule has 0 amide bonds. The number of aliphatic hydroxyl groups excluding tert-OH is 1. The van der Waals surface area contributed by atoms with Crippen LogP contribution in [0.1, 0.15) is 54.5 Å². The Labute approximate surface area is 228 Å². The van der Waals surface area contributed by atoms with Crippen LogP contribution in [0.15, 0.2) is 30.3 Å². The average molecular weight is 547 g/mol. The molecule has 2 aromatic carbocycles. The highest BCUT2D eigenvalue weighted by molar-refractivity contribution is 5.80. The minimum atomic E-state index is -1.29. The van der Waals surface area contributed by atoms with Crippen molar-refractivity contribution in [2.24, 2.45) is 5.73 Å². The average Bonchev–Trinajstić information content (AvgIpc) is 3.21. The number of benzene rings is 2. The molecule has 0 saturated heterocycles. The summed E-state index contributed by atoms with van der Waals surface area (Å²) in [7, 11) is 5.09. The van der Waals surface area contributed by atoms with Crippen molar-refractivity contribution < 1.29 is 44.2 Å². The van der Waals surface area contributed by atoms with Gasteiger partial charge in [-0.25, -0.2) is 0 Å². The van der Waals surface area contributed by atoms with Crippen molar-refractivity contribution in [2.75, 3.05) is 34.4 Å². The number of nitrogens with two attached hydrogens (primary N) is 1. The van der Waals surface area contributed by atoms with Crippen LogP contribution in [0.4, 0.5) is 0 Å². The fourth-order valence-electron chi connectivity index (χ4n) is 4.25. The first-order chi connectivity index (χ1) is 18.5. The summed E-state index contributed by atoms with van der Waals surface area (Å²) in [6.07, 6.45) is 3.28. The number of carbonyl (C=O) groups is 2. The van der Waals surface area contributed by atoms with Gasteiger partial charge >= 0.3 is 11.9 Å². The predicted octanol–water partition coefficient (Wildman–Crippen LogP) is 2.98. The molecule has 0 unspecified atom stereocenters. The lowest BCUT2D eigenvalue weighted by atomic mass is 9.90. The van der Waals surface area contributed by atoms with Crippen LogP contribution in [-0.2, 0) is 16.1 Å². The minimum Gasteiger partial charge on any atom is -0.504 e. The van der Waals surface area contributed by atoms with E-state index in [2.05, 4.69) is 13.0 Å². The van der Waals surface area contributed by atoms with Gasteiger partial charge in [0.2, 0.25) is 0 Å². The number of hydrogen-bond acceptors (Lipinski definition) is 9. The Balaban J connectivity index is 0.000000510. The fraction of sp³-hybridized carbons (Fsp3) is 0.429. The molecule has 1 aliphatic rings. The molecule has 2 aromatic rings. The number of aliphatic hydroxyl groups is 1. The number of aliphatic carboxylic acids is 2. The molecule has 0 aliphatic carbocycles. The molecule has 0 saturated carbocycles. The third-order valence-corrected chi connectivity index (χ3v) is 6.23. The molecule has 1 heterocycles. The molecule has 11 heteroatoms. The summed E-state index contributed by atoms with van der Waals surface area (Å²) < 4.78 is 17.4. The number of carboxylic acid groups (broad SMARTS) is 2. The van der Waals surface area contributed by atoms with Crippen LogP contribution in [-0.4, -0.2) is 77.7 Å². The number of rotatable bonds is 11. The van der Waals surface area contributed by atoms with Crippen molar-refractivity contribution in [3.8, 4) is 23.0 Å². The Morgan fingerprint density at radius 3 is 2.33 bits per heavy atom. The Bertz CT molecular complexity index is 1180. The van der Waals surface area contributed by atoms with Gasteiger partial charge < -0.3 is 40.4 Å². The molecule has 0 aromatic heterocycles. The van der Waals surface area contributed by atoms with Gasteiger partial charge in [0.25, 0.3) is 0 Å². The van der Waals surface area contributed by atoms with Crippen LogP contribution in [0.5, 0.6) is 23.0 Å². The number of nitrogens with zero attached hydrogens (tertiary/aromatic N) is 1. The minimum absolute atomic E-state index is 0.0561. The maximum absolute atomic E-state index is 10.6. The normalized spacial score (nSPS) is 16.7. The van der Waals surface area contributed by atoms with Crippen molar-refractivity contribution in [1.82, 2.24) is 4.90 Å². The van der Waals surface area contributed by atoms with Crippen LogP contribution in [0, 0.1) is 0 Å². The second kappa shape index (κ2) is 14.4. The maximum atomic E-state index is 10.6. The van der Waals surface area contributed by atoms with E-state index in [4.69, 9.17) is 30.2 Å². The fourth-order valence-corrected chi connectivity index (χ4v) is 4.25. The van der Waals surface area contributed by atoms with E-state index in [1.807, 2.05) is 49.2 Å². The zero-order valence-corrected chi connectivity index (χ0v) is 22.9. The van der Waals surface area contributed by atoms with Gasteiger partial charge in [-0.15, -0.1) is 0 Å². The van der Waals surface area contributed by atoms with Crippen molar-refractivity contribution in [3.05, 3.63) is 52.6 Å². The molecular formula is C28H38N2O9. The van der Waals surface area contributed by atoms with Crippen LogP contribution in [0.2, 0.25) is 0 Å². The molecule has 0 radical (unpaired) electrons. The van der Waals surface area contributed by atoms with Gasteiger partial charge in [-0.2, -0.15) is 0 Å². The molecule has 214 valence electrons. The van der Waals surface area contributed by atoms with Gasteiger partial charge in [-0.05, 0) is 49.4 Å². The number of phenolic OH excluding ortho intramolecular Hbond substituents is 1. The van der Waals surface area contributed by atoms with E-state index in [9.17, 15) is 19.8 Å². The summed E-state index contributed by atoms with van der Waals surface area (Å²) in [5.74, 6) is -0.410. The first kappa shape index (κ1) is 31.4. The maximum Gasteiger partial charge on any atom is 0.321 e. The lowest BCUT2D eigenvalue weighted by Crippen LogP contribution is -2.32. The molecule has 1 aliphatic heterocycles. The van der Waals surface area contributed by atoms with Gasteiger partial charge in [0, 0.05) is 30.1 Å². The zero-order valence-electron chi connectivity index (χ0n) is 22.9. The predicted molar refractivity (Wildman–Crippen MR) is 145 cm³/mol. The highest BCUT2D eigenvalue weighted by Gasteiger charge is 2.36. The summed E-state index contributed by atoms with van der Waals surface area (Å²) in [6, 6.07) is 6.61. The molecular weight excluding hydrogens is 508 g/mol. The lowest BCUT2D eigenvalue weighted by Gasteiger charge is -2.21. The van der Waals surface area contributed by atoms with E-state index < -0.39 is 24.4 Å². The molecule has 39 heavy (non-hydrogen) atoms. The number of likely N-dealkylation sites (N-methyl/N-ethyl adjacent to an activating group) is 1. The molecule has 3 rings (SSSR count). The largest absolute Gasteiger partial charge is 0.504 e. The van der Waals surface area contributed by atoms with E-state index in [-0.39, 0.29) is 24.4 Å². The third kappa shape index (κ3) is 8.09. The highest BCUT2D eigenvalue weighted by atomic mass is 16.5. The second-order valence-electron chi connectivity index (χ2n) is 9.20. The van der Waals surface area contributed by atoms with E-state index in [1.54, 1.807) is 14.2 Å². The van der Waals surface area contributed by atoms with E-state index in [0.29, 0.717) is 24.6 Å². The van der Waals surface area contributed by atoms with Crippen molar-refractivity contribution in [2.45, 2.75) is 44.9 Å². The highest BCUT2D eigenvalue weighted by Crippen LogP contribution is 2.51.